The van der Waals surface area contributed by atoms with E-state index in [9.17, 15) is 0 Å². The van der Waals surface area contributed by atoms with Crippen molar-refractivity contribution in [3.05, 3.63) is 65.3 Å². The molecule has 3 aromatic rings. The number of rotatable bonds is 1. The minimum atomic E-state index is 0.0625. The van der Waals surface area contributed by atoms with Gasteiger partial charge in [0.1, 0.15) is 8.42 Å². The first kappa shape index (κ1) is 17.3. The Hall–Kier alpha value is -2.15. The predicted octanol–water partition coefficient (Wildman–Crippen LogP) is 6.23. The smallest absolute Gasteiger partial charge is 0.200 e. The Labute approximate surface area is 160 Å². The van der Waals surface area contributed by atoms with E-state index in [0.29, 0.717) is 6.17 Å². The lowest BCUT2D eigenvalue weighted by molar-refractivity contribution is -0.659. The number of hydrogen-bond acceptors (Lipinski definition) is 0. The van der Waals surface area contributed by atoms with Crippen LogP contribution in [0.2, 0.25) is 0 Å². The third kappa shape index (κ3) is 3.28. The SMILES string of the molecule is [2H]c1cc2ccccc2c(-c2cc(C(C)(C)C)cc(C(C)(C)C)c2C)[n+]1C. The van der Waals surface area contributed by atoms with Crippen molar-refractivity contribution >= 4 is 10.8 Å². The number of pyridine rings is 1. The van der Waals surface area contributed by atoms with Crippen LogP contribution in [0.25, 0.3) is 22.0 Å². The molecule has 0 saturated heterocycles. The molecule has 1 heteroatoms. The molecule has 0 spiro atoms. The first-order valence-electron chi connectivity index (χ1n) is 9.95. The molecule has 1 heterocycles. The maximum Gasteiger partial charge on any atom is 0.220 e. The standard InChI is InChI=1S/C25H32N/c1-17-21(15-19(24(2,3)4)16-22(17)25(5,6)7)23-20-12-10-9-11-18(20)13-14-26(23)8/h9-16H,1-8H3/q+1/i14D. The van der Waals surface area contributed by atoms with Gasteiger partial charge in [-0.15, -0.1) is 0 Å². The van der Waals surface area contributed by atoms with Crippen molar-refractivity contribution in [3.63, 3.8) is 0 Å². The van der Waals surface area contributed by atoms with E-state index in [4.69, 9.17) is 1.37 Å². The summed E-state index contributed by atoms with van der Waals surface area (Å²) < 4.78 is 10.5. The monoisotopic (exact) mass is 347 g/mol. The van der Waals surface area contributed by atoms with E-state index in [2.05, 4.69) is 78.8 Å². The van der Waals surface area contributed by atoms with Crippen molar-refractivity contribution in [3.8, 4) is 11.3 Å². The van der Waals surface area contributed by atoms with Crippen LogP contribution in [0.4, 0.5) is 0 Å². The summed E-state index contributed by atoms with van der Waals surface area (Å²) in [6.07, 6.45) is 0.529. The first-order valence-corrected chi connectivity index (χ1v) is 9.45. The second kappa shape index (κ2) is 6.23. The van der Waals surface area contributed by atoms with Gasteiger partial charge in [0, 0.05) is 6.07 Å². The molecular formula is C25H32N+. The molecule has 2 aromatic carbocycles. The van der Waals surface area contributed by atoms with Crippen LogP contribution in [-0.4, -0.2) is 0 Å². The van der Waals surface area contributed by atoms with E-state index in [1.165, 1.54) is 27.6 Å². The molecule has 1 nitrogen and oxygen atoms in total. The molecule has 136 valence electrons. The van der Waals surface area contributed by atoms with Gasteiger partial charge in [0.25, 0.3) is 0 Å². The molecule has 0 saturated carbocycles. The summed E-state index contributed by atoms with van der Waals surface area (Å²) in [6.45, 7) is 15.9. The van der Waals surface area contributed by atoms with E-state index >= 15 is 0 Å². The summed E-state index contributed by atoms with van der Waals surface area (Å²) in [5.41, 5.74) is 6.52. The number of aromatic nitrogens is 1. The van der Waals surface area contributed by atoms with Crippen LogP contribution in [-0.2, 0) is 17.9 Å². The van der Waals surface area contributed by atoms with Crippen molar-refractivity contribution < 1.29 is 5.94 Å². The van der Waals surface area contributed by atoms with Gasteiger partial charge in [-0.2, -0.15) is 0 Å². The Balaban J connectivity index is 2.49. The zero-order valence-electron chi connectivity index (χ0n) is 18.5. The van der Waals surface area contributed by atoms with E-state index in [1.54, 1.807) is 0 Å². The lowest BCUT2D eigenvalue weighted by atomic mass is 9.76. The molecule has 0 radical (unpaired) electrons. The number of benzene rings is 2. The molecule has 0 aliphatic heterocycles. The van der Waals surface area contributed by atoms with Crippen molar-refractivity contribution in [2.75, 3.05) is 0 Å². The van der Waals surface area contributed by atoms with Gasteiger partial charge in [0.2, 0.25) is 5.69 Å². The summed E-state index contributed by atoms with van der Waals surface area (Å²) in [7, 11) is 2.00. The Kier molecular flexibility index (Phi) is 4.14. The van der Waals surface area contributed by atoms with Gasteiger partial charge < -0.3 is 0 Å². The summed E-state index contributed by atoms with van der Waals surface area (Å²) in [5, 5.41) is 2.32. The molecular weight excluding hydrogens is 314 g/mol. The molecule has 26 heavy (non-hydrogen) atoms. The normalized spacial score (nSPS) is 13.2. The third-order valence-electron chi connectivity index (χ3n) is 5.30. The average Bonchev–Trinajstić information content (AvgIpc) is 2.55. The third-order valence-corrected chi connectivity index (χ3v) is 5.30. The van der Waals surface area contributed by atoms with Crippen LogP contribution in [0, 0.1) is 6.92 Å². The highest BCUT2D eigenvalue weighted by atomic mass is 14.9. The lowest BCUT2D eigenvalue weighted by Gasteiger charge is -2.28. The van der Waals surface area contributed by atoms with Gasteiger partial charge in [0.05, 0.1) is 10.9 Å². The fourth-order valence-corrected chi connectivity index (χ4v) is 3.75. The summed E-state index contributed by atoms with van der Waals surface area (Å²) >= 11 is 0. The number of nitrogens with zero attached hydrogens (tertiary/aromatic N) is 1. The van der Waals surface area contributed by atoms with Crippen LogP contribution in [0.5, 0.6) is 0 Å². The van der Waals surface area contributed by atoms with E-state index < -0.39 is 0 Å². The molecule has 0 aliphatic rings. The number of fused-ring (bicyclic) bond motifs is 1. The highest BCUT2D eigenvalue weighted by Gasteiger charge is 2.27. The quantitative estimate of drug-likeness (QED) is 0.459. The topological polar surface area (TPSA) is 3.88 Å². The van der Waals surface area contributed by atoms with Gasteiger partial charge >= 0.3 is 0 Å². The second-order valence-corrected chi connectivity index (χ2v) is 9.46. The molecule has 1 aromatic heterocycles. The fraction of sp³-hybridized carbons (Fsp3) is 0.400. The predicted molar refractivity (Wildman–Crippen MR) is 113 cm³/mol. The Morgan fingerprint density at radius 2 is 1.54 bits per heavy atom. The molecule has 3 rings (SSSR count). The second-order valence-electron chi connectivity index (χ2n) is 9.46. The van der Waals surface area contributed by atoms with Crippen LogP contribution < -0.4 is 4.57 Å². The summed E-state index contributed by atoms with van der Waals surface area (Å²) in [4.78, 5) is 0. The van der Waals surface area contributed by atoms with Gasteiger partial charge in [-0.1, -0.05) is 65.8 Å². The Morgan fingerprint density at radius 1 is 0.885 bits per heavy atom. The largest absolute Gasteiger partial charge is 0.220 e. The van der Waals surface area contributed by atoms with Crippen LogP contribution in [0.1, 0.15) is 59.6 Å². The highest BCUT2D eigenvalue weighted by molar-refractivity contribution is 5.93. The Bertz CT molecular complexity index is 1020. The van der Waals surface area contributed by atoms with Gasteiger partial charge in [-0.3, -0.25) is 0 Å². The molecule has 0 unspecified atom stereocenters. The van der Waals surface area contributed by atoms with Gasteiger partial charge in [-0.05, 0) is 52.0 Å². The van der Waals surface area contributed by atoms with Crippen LogP contribution in [0.3, 0.4) is 0 Å². The molecule has 0 fully saturated rings. The Morgan fingerprint density at radius 3 is 2.15 bits per heavy atom. The van der Waals surface area contributed by atoms with Crippen molar-refractivity contribution in [1.82, 2.24) is 0 Å². The van der Waals surface area contributed by atoms with E-state index in [-0.39, 0.29) is 10.8 Å². The highest BCUT2D eigenvalue weighted by Crippen LogP contribution is 2.38. The minimum Gasteiger partial charge on any atom is -0.200 e. The lowest BCUT2D eigenvalue weighted by Crippen LogP contribution is -2.31. The first-order chi connectivity index (χ1) is 12.4. The molecule has 0 atom stereocenters. The van der Waals surface area contributed by atoms with Crippen molar-refractivity contribution in [2.45, 2.75) is 59.3 Å². The van der Waals surface area contributed by atoms with Crippen molar-refractivity contribution in [1.29, 1.82) is 0 Å². The van der Waals surface area contributed by atoms with Crippen molar-refractivity contribution in [2.24, 2.45) is 7.05 Å². The zero-order valence-corrected chi connectivity index (χ0v) is 17.5. The molecule has 0 bridgehead atoms. The van der Waals surface area contributed by atoms with E-state index in [1.807, 2.05) is 23.7 Å². The average molecular weight is 348 g/mol. The van der Waals surface area contributed by atoms with Gasteiger partial charge in [-0.25, -0.2) is 4.57 Å². The summed E-state index contributed by atoms with van der Waals surface area (Å²) in [5.74, 6) is 0. The summed E-state index contributed by atoms with van der Waals surface area (Å²) in [6, 6.07) is 15.1. The van der Waals surface area contributed by atoms with Crippen LogP contribution >= 0.6 is 0 Å². The van der Waals surface area contributed by atoms with Crippen LogP contribution in [0.15, 0.2) is 48.6 Å². The maximum absolute atomic E-state index is 8.48. The maximum atomic E-state index is 8.48. The number of hydrogen-bond donors (Lipinski definition) is 0. The van der Waals surface area contributed by atoms with E-state index in [0.717, 1.165) is 11.1 Å². The zero-order chi connectivity index (χ0) is 20.1. The fourth-order valence-electron chi connectivity index (χ4n) is 3.75. The molecule has 0 N–H and O–H groups in total. The van der Waals surface area contributed by atoms with Gasteiger partial charge in [0.15, 0.2) is 6.17 Å². The molecule has 0 aliphatic carbocycles. The molecule has 0 amide bonds. The minimum absolute atomic E-state index is 0.0625.